The maximum absolute atomic E-state index is 12.0. The summed E-state index contributed by atoms with van der Waals surface area (Å²) in [6, 6.07) is 12.2. The number of carbonyl (C=O) groups is 2. The zero-order chi connectivity index (χ0) is 16.8. The molecule has 2 aromatic rings. The van der Waals surface area contributed by atoms with Crippen LogP contribution in [-0.4, -0.2) is 17.6 Å². The molecule has 0 atom stereocenters. The van der Waals surface area contributed by atoms with Crippen LogP contribution < -0.4 is 10.6 Å². The lowest BCUT2D eigenvalue weighted by Gasteiger charge is -2.07. The summed E-state index contributed by atoms with van der Waals surface area (Å²) in [6.45, 7) is 1.45. The topological polar surface area (TPSA) is 58.2 Å². The first-order valence-corrected chi connectivity index (χ1v) is 8.43. The second-order valence-electron chi connectivity index (χ2n) is 4.67. The van der Waals surface area contributed by atoms with Crippen LogP contribution in [0.25, 0.3) is 0 Å². The molecule has 0 spiro atoms. The summed E-state index contributed by atoms with van der Waals surface area (Å²) < 4.78 is 0. The van der Waals surface area contributed by atoms with Gasteiger partial charge in [0.15, 0.2) is 0 Å². The first-order valence-electron chi connectivity index (χ1n) is 6.69. The fourth-order valence-electron chi connectivity index (χ4n) is 1.79. The number of rotatable bonds is 5. The molecule has 7 heteroatoms. The molecular formula is C16H14Cl2N2O2S. The van der Waals surface area contributed by atoms with Gasteiger partial charge in [-0.1, -0.05) is 29.3 Å². The molecule has 0 aliphatic carbocycles. The van der Waals surface area contributed by atoms with Crippen LogP contribution in [0.4, 0.5) is 11.4 Å². The summed E-state index contributed by atoms with van der Waals surface area (Å²) in [7, 11) is 0. The summed E-state index contributed by atoms with van der Waals surface area (Å²) >= 11 is 13.1. The molecule has 0 bridgehead atoms. The molecule has 2 aromatic carbocycles. The number of thioether (sulfide) groups is 1. The van der Waals surface area contributed by atoms with E-state index in [1.165, 1.54) is 18.7 Å². The van der Waals surface area contributed by atoms with Crippen molar-refractivity contribution in [3.63, 3.8) is 0 Å². The molecule has 23 heavy (non-hydrogen) atoms. The van der Waals surface area contributed by atoms with E-state index >= 15 is 0 Å². The Balaban J connectivity index is 1.91. The Morgan fingerprint density at radius 3 is 2.43 bits per heavy atom. The van der Waals surface area contributed by atoms with Crippen molar-refractivity contribution >= 4 is 58.2 Å². The van der Waals surface area contributed by atoms with Crippen LogP contribution in [0, 0.1) is 0 Å². The molecule has 0 aromatic heterocycles. The Bertz CT molecular complexity index is 738. The van der Waals surface area contributed by atoms with Crippen molar-refractivity contribution in [3.05, 3.63) is 52.5 Å². The van der Waals surface area contributed by atoms with Crippen molar-refractivity contribution in [1.29, 1.82) is 0 Å². The van der Waals surface area contributed by atoms with Crippen molar-refractivity contribution < 1.29 is 9.59 Å². The Hall–Kier alpha value is -1.69. The number of halogens is 2. The smallest absolute Gasteiger partial charge is 0.234 e. The molecule has 0 fully saturated rings. The van der Waals surface area contributed by atoms with Crippen molar-refractivity contribution in [2.75, 3.05) is 16.4 Å². The number of carbonyl (C=O) groups excluding carboxylic acids is 2. The van der Waals surface area contributed by atoms with Gasteiger partial charge in [-0.05, 0) is 36.4 Å². The monoisotopic (exact) mass is 368 g/mol. The van der Waals surface area contributed by atoms with Gasteiger partial charge in [-0.15, -0.1) is 11.8 Å². The molecule has 0 unspecified atom stereocenters. The number of amides is 2. The minimum atomic E-state index is -0.154. The second kappa shape index (κ2) is 8.24. The van der Waals surface area contributed by atoms with Gasteiger partial charge in [-0.3, -0.25) is 9.59 Å². The van der Waals surface area contributed by atoms with E-state index in [2.05, 4.69) is 10.6 Å². The first kappa shape index (κ1) is 17.7. The van der Waals surface area contributed by atoms with Crippen LogP contribution in [0.5, 0.6) is 0 Å². The highest BCUT2D eigenvalue weighted by atomic mass is 35.5. The molecule has 0 radical (unpaired) electrons. The predicted molar refractivity (Wildman–Crippen MR) is 96.6 cm³/mol. The second-order valence-corrected chi connectivity index (χ2v) is 6.54. The van der Waals surface area contributed by atoms with E-state index in [1.54, 1.807) is 24.3 Å². The Labute approximate surface area is 148 Å². The zero-order valence-electron chi connectivity index (χ0n) is 12.2. The lowest BCUT2D eigenvalue weighted by molar-refractivity contribution is -0.114. The highest BCUT2D eigenvalue weighted by Gasteiger charge is 2.06. The fraction of sp³-hybridized carbons (Fsp3) is 0.125. The zero-order valence-corrected chi connectivity index (χ0v) is 14.6. The minimum absolute atomic E-state index is 0.135. The van der Waals surface area contributed by atoms with Gasteiger partial charge in [0.1, 0.15) is 0 Å². The van der Waals surface area contributed by atoms with Crippen molar-refractivity contribution in [2.45, 2.75) is 11.8 Å². The average molecular weight is 369 g/mol. The maximum atomic E-state index is 12.0. The van der Waals surface area contributed by atoms with Crippen LogP contribution in [0.1, 0.15) is 6.92 Å². The van der Waals surface area contributed by atoms with E-state index in [1.807, 2.05) is 18.2 Å². The Morgan fingerprint density at radius 1 is 1.00 bits per heavy atom. The molecule has 0 aliphatic rings. The molecule has 2 rings (SSSR count). The normalized spacial score (nSPS) is 10.2. The van der Waals surface area contributed by atoms with Crippen LogP contribution in [0.2, 0.25) is 10.0 Å². The highest BCUT2D eigenvalue weighted by Crippen LogP contribution is 2.26. The van der Waals surface area contributed by atoms with E-state index in [9.17, 15) is 9.59 Å². The molecule has 0 heterocycles. The van der Waals surface area contributed by atoms with E-state index in [4.69, 9.17) is 23.2 Å². The van der Waals surface area contributed by atoms with Gasteiger partial charge in [0.2, 0.25) is 11.8 Å². The summed E-state index contributed by atoms with van der Waals surface area (Å²) in [6.07, 6.45) is 0. The number of hydrogen-bond acceptors (Lipinski definition) is 3. The van der Waals surface area contributed by atoms with Gasteiger partial charge in [0.25, 0.3) is 0 Å². The molecule has 120 valence electrons. The third-order valence-corrected chi connectivity index (χ3v) is 4.46. The van der Waals surface area contributed by atoms with Gasteiger partial charge in [0.05, 0.1) is 15.8 Å². The van der Waals surface area contributed by atoms with E-state index in [0.29, 0.717) is 21.4 Å². The lowest BCUT2D eigenvalue weighted by atomic mass is 10.3. The average Bonchev–Trinajstić information content (AvgIpc) is 2.49. The number of nitrogens with one attached hydrogen (secondary N) is 2. The Morgan fingerprint density at radius 2 is 1.74 bits per heavy atom. The SMILES string of the molecule is CC(=O)Nc1cccc(SCC(=O)Nc2ccc(Cl)c(Cl)c2)c1. The largest absolute Gasteiger partial charge is 0.326 e. The van der Waals surface area contributed by atoms with E-state index < -0.39 is 0 Å². The fourth-order valence-corrected chi connectivity index (χ4v) is 2.84. The first-order chi connectivity index (χ1) is 10.9. The molecule has 2 amide bonds. The van der Waals surface area contributed by atoms with Crippen molar-refractivity contribution in [2.24, 2.45) is 0 Å². The van der Waals surface area contributed by atoms with Gasteiger partial charge in [-0.25, -0.2) is 0 Å². The van der Waals surface area contributed by atoms with Gasteiger partial charge in [0, 0.05) is 23.2 Å². The lowest BCUT2D eigenvalue weighted by Crippen LogP contribution is -2.14. The molecule has 0 saturated heterocycles. The summed E-state index contributed by atoms with van der Waals surface area (Å²) in [4.78, 5) is 23.9. The summed E-state index contributed by atoms with van der Waals surface area (Å²) in [5.74, 6) is -0.0492. The Kier molecular flexibility index (Phi) is 6.33. The third-order valence-electron chi connectivity index (χ3n) is 2.73. The molecule has 0 aliphatic heterocycles. The minimum Gasteiger partial charge on any atom is -0.326 e. The van der Waals surface area contributed by atoms with Crippen LogP contribution in [0.15, 0.2) is 47.4 Å². The van der Waals surface area contributed by atoms with Crippen LogP contribution >= 0.6 is 35.0 Å². The van der Waals surface area contributed by atoms with Crippen LogP contribution in [0.3, 0.4) is 0 Å². The van der Waals surface area contributed by atoms with Crippen LogP contribution in [-0.2, 0) is 9.59 Å². The number of anilines is 2. The molecule has 4 nitrogen and oxygen atoms in total. The van der Waals surface area contributed by atoms with Gasteiger partial charge >= 0.3 is 0 Å². The maximum Gasteiger partial charge on any atom is 0.234 e. The number of hydrogen-bond donors (Lipinski definition) is 2. The van der Waals surface area contributed by atoms with E-state index in [-0.39, 0.29) is 17.6 Å². The quantitative estimate of drug-likeness (QED) is 0.753. The molecule has 2 N–H and O–H groups in total. The standard InChI is InChI=1S/C16H14Cl2N2O2S/c1-10(21)19-11-3-2-4-13(7-11)23-9-16(22)20-12-5-6-14(17)15(18)8-12/h2-8H,9H2,1H3,(H,19,21)(H,20,22). The number of benzene rings is 2. The van der Waals surface area contributed by atoms with Crippen molar-refractivity contribution in [1.82, 2.24) is 0 Å². The highest BCUT2D eigenvalue weighted by molar-refractivity contribution is 8.00. The molecular weight excluding hydrogens is 355 g/mol. The van der Waals surface area contributed by atoms with Crippen molar-refractivity contribution in [3.8, 4) is 0 Å². The van der Waals surface area contributed by atoms with Gasteiger partial charge < -0.3 is 10.6 Å². The van der Waals surface area contributed by atoms with E-state index in [0.717, 1.165) is 4.90 Å². The molecule has 0 saturated carbocycles. The third kappa shape index (κ3) is 5.78. The predicted octanol–water partition coefficient (Wildman–Crippen LogP) is 4.68. The summed E-state index contributed by atoms with van der Waals surface area (Å²) in [5, 5.41) is 6.29. The summed E-state index contributed by atoms with van der Waals surface area (Å²) in [5.41, 5.74) is 1.30. The van der Waals surface area contributed by atoms with Gasteiger partial charge in [-0.2, -0.15) is 0 Å².